The fourth-order valence-electron chi connectivity index (χ4n) is 1.98. The van der Waals surface area contributed by atoms with Crippen molar-refractivity contribution < 1.29 is 4.79 Å². The van der Waals surface area contributed by atoms with Crippen molar-refractivity contribution in [2.75, 3.05) is 6.54 Å². The molecule has 2 rings (SSSR count). The van der Waals surface area contributed by atoms with Gasteiger partial charge >= 0.3 is 0 Å². The number of H-pyrrole nitrogens is 1. The minimum atomic E-state index is -0.267. The molecule has 0 atom stereocenters. The second-order valence-electron chi connectivity index (χ2n) is 4.78. The summed E-state index contributed by atoms with van der Waals surface area (Å²) in [5, 5.41) is 2.80. The molecule has 0 fully saturated rings. The SMILES string of the molecule is Cc1cc(C(=O)NCCn2cnc(C)c2C)cc(=O)[nH]1. The molecular formula is C14H18N4O2. The Morgan fingerprint density at radius 2 is 2.10 bits per heavy atom. The van der Waals surface area contributed by atoms with Gasteiger partial charge in [-0.1, -0.05) is 0 Å². The Kier molecular flexibility index (Phi) is 4.02. The van der Waals surface area contributed by atoms with Crippen molar-refractivity contribution >= 4 is 5.91 Å². The van der Waals surface area contributed by atoms with Crippen LogP contribution in [0.2, 0.25) is 0 Å². The molecule has 0 aromatic carbocycles. The predicted octanol–water partition coefficient (Wildman–Crippen LogP) is 0.927. The highest BCUT2D eigenvalue weighted by molar-refractivity contribution is 5.94. The first-order chi connectivity index (χ1) is 9.47. The van der Waals surface area contributed by atoms with Crippen LogP contribution in [0.4, 0.5) is 0 Å². The zero-order chi connectivity index (χ0) is 14.7. The number of aromatic nitrogens is 3. The van der Waals surface area contributed by atoms with Gasteiger partial charge in [0.1, 0.15) is 0 Å². The molecule has 0 aliphatic rings. The molecule has 2 aromatic rings. The Morgan fingerprint density at radius 3 is 2.70 bits per heavy atom. The zero-order valence-corrected chi connectivity index (χ0v) is 11.9. The van der Waals surface area contributed by atoms with Crippen LogP contribution in [0.1, 0.15) is 27.4 Å². The lowest BCUT2D eigenvalue weighted by atomic mass is 10.2. The molecule has 0 radical (unpaired) electrons. The molecule has 0 aliphatic carbocycles. The van der Waals surface area contributed by atoms with E-state index in [0.717, 1.165) is 11.4 Å². The van der Waals surface area contributed by atoms with E-state index in [1.54, 1.807) is 19.3 Å². The first kappa shape index (κ1) is 14.0. The zero-order valence-electron chi connectivity index (χ0n) is 11.9. The summed E-state index contributed by atoms with van der Waals surface area (Å²) < 4.78 is 1.98. The standard InChI is InChI=1S/C14H18N4O2/c1-9-6-12(7-13(19)17-9)14(20)15-4-5-18-8-16-10(2)11(18)3/h6-8H,4-5H2,1-3H3,(H,15,20)(H,17,19). The van der Waals surface area contributed by atoms with Crippen molar-refractivity contribution in [3.8, 4) is 0 Å². The van der Waals surface area contributed by atoms with Crippen molar-refractivity contribution in [3.63, 3.8) is 0 Å². The van der Waals surface area contributed by atoms with Crippen LogP contribution in [-0.2, 0) is 6.54 Å². The van der Waals surface area contributed by atoms with Crippen LogP contribution in [0.25, 0.3) is 0 Å². The van der Waals surface area contributed by atoms with Gasteiger partial charge in [0.05, 0.1) is 12.0 Å². The highest BCUT2D eigenvalue weighted by Gasteiger charge is 2.07. The summed E-state index contributed by atoms with van der Waals surface area (Å²) in [5.41, 5.74) is 2.86. The van der Waals surface area contributed by atoms with E-state index in [4.69, 9.17) is 0 Å². The number of nitrogens with one attached hydrogen (secondary N) is 2. The third kappa shape index (κ3) is 3.14. The maximum absolute atomic E-state index is 11.9. The van der Waals surface area contributed by atoms with Gasteiger partial charge in [-0.3, -0.25) is 9.59 Å². The summed E-state index contributed by atoms with van der Waals surface area (Å²) in [7, 11) is 0. The number of aryl methyl sites for hydroxylation is 2. The smallest absolute Gasteiger partial charge is 0.251 e. The van der Waals surface area contributed by atoms with Gasteiger partial charge in [-0.2, -0.15) is 0 Å². The molecule has 0 aliphatic heterocycles. The number of hydrogen-bond acceptors (Lipinski definition) is 3. The van der Waals surface area contributed by atoms with Crippen LogP contribution >= 0.6 is 0 Å². The summed E-state index contributed by atoms with van der Waals surface area (Å²) in [4.78, 5) is 30.1. The quantitative estimate of drug-likeness (QED) is 0.870. The van der Waals surface area contributed by atoms with Crippen molar-refractivity contribution in [1.29, 1.82) is 0 Å². The molecule has 0 saturated carbocycles. The topological polar surface area (TPSA) is 79.8 Å². The number of hydrogen-bond donors (Lipinski definition) is 2. The molecule has 2 aromatic heterocycles. The molecule has 0 bridgehead atoms. The van der Waals surface area contributed by atoms with Crippen LogP contribution in [0.5, 0.6) is 0 Å². The van der Waals surface area contributed by atoms with E-state index in [0.29, 0.717) is 24.3 Å². The van der Waals surface area contributed by atoms with Crippen LogP contribution in [-0.4, -0.2) is 27.0 Å². The second-order valence-corrected chi connectivity index (χ2v) is 4.78. The van der Waals surface area contributed by atoms with Crippen molar-refractivity contribution in [2.45, 2.75) is 27.3 Å². The van der Waals surface area contributed by atoms with Crippen LogP contribution < -0.4 is 10.9 Å². The molecule has 0 spiro atoms. The Labute approximate surface area is 116 Å². The molecule has 6 heteroatoms. The number of rotatable bonds is 4. The fraction of sp³-hybridized carbons (Fsp3) is 0.357. The lowest BCUT2D eigenvalue weighted by Gasteiger charge is -2.08. The Bertz CT molecular complexity index is 685. The van der Waals surface area contributed by atoms with E-state index in [1.807, 2.05) is 18.4 Å². The third-order valence-corrected chi connectivity index (χ3v) is 3.22. The van der Waals surface area contributed by atoms with Gasteiger partial charge in [-0.15, -0.1) is 0 Å². The van der Waals surface area contributed by atoms with Gasteiger partial charge in [0.25, 0.3) is 5.91 Å². The lowest BCUT2D eigenvalue weighted by molar-refractivity contribution is 0.0952. The summed E-state index contributed by atoms with van der Waals surface area (Å²) in [6.07, 6.45) is 1.76. The van der Waals surface area contributed by atoms with Gasteiger partial charge in [0, 0.05) is 36.1 Å². The largest absolute Gasteiger partial charge is 0.350 e. The van der Waals surface area contributed by atoms with E-state index < -0.39 is 0 Å². The Balaban J connectivity index is 1.95. The van der Waals surface area contributed by atoms with E-state index in [2.05, 4.69) is 15.3 Å². The van der Waals surface area contributed by atoms with Gasteiger partial charge in [-0.25, -0.2) is 4.98 Å². The molecule has 20 heavy (non-hydrogen) atoms. The van der Waals surface area contributed by atoms with Crippen LogP contribution in [0.15, 0.2) is 23.3 Å². The second kappa shape index (κ2) is 5.73. The molecule has 1 amide bonds. The Hall–Kier alpha value is -2.37. The number of pyridine rings is 1. The number of amides is 1. The van der Waals surface area contributed by atoms with Gasteiger partial charge in [-0.05, 0) is 26.8 Å². The monoisotopic (exact) mass is 274 g/mol. The molecule has 0 saturated heterocycles. The summed E-state index contributed by atoms with van der Waals surface area (Å²) in [6, 6.07) is 2.96. The number of imidazole rings is 1. The highest BCUT2D eigenvalue weighted by atomic mass is 16.2. The lowest BCUT2D eigenvalue weighted by Crippen LogP contribution is -2.28. The number of carbonyl (C=O) groups excluding carboxylic acids is 1. The van der Waals surface area contributed by atoms with Gasteiger partial charge < -0.3 is 14.9 Å². The molecule has 0 unspecified atom stereocenters. The fourth-order valence-corrected chi connectivity index (χ4v) is 1.98. The first-order valence-corrected chi connectivity index (χ1v) is 6.45. The molecule has 2 N–H and O–H groups in total. The summed E-state index contributed by atoms with van der Waals surface area (Å²) in [5.74, 6) is -0.242. The van der Waals surface area contributed by atoms with E-state index in [-0.39, 0.29) is 11.5 Å². The normalized spacial score (nSPS) is 10.6. The number of carbonyl (C=O) groups is 1. The maximum atomic E-state index is 11.9. The summed E-state index contributed by atoms with van der Waals surface area (Å²) >= 11 is 0. The molecule has 6 nitrogen and oxygen atoms in total. The minimum Gasteiger partial charge on any atom is -0.350 e. The van der Waals surface area contributed by atoms with Crippen LogP contribution in [0, 0.1) is 20.8 Å². The highest BCUT2D eigenvalue weighted by Crippen LogP contribution is 2.03. The number of nitrogens with zero attached hydrogens (tertiary/aromatic N) is 2. The van der Waals surface area contributed by atoms with Gasteiger partial charge in [0.15, 0.2) is 0 Å². The first-order valence-electron chi connectivity index (χ1n) is 6.45. The van der Waals surface area contributed by atoms with Crippen molar-refractivity contribution in [2.24, 2.45) is 0 Å². The molecule has 2 heterocycles. The summed E-state index contributed by atoms with van der Waals surface area (Å²) in [6.45, 7) is 6.82. The number of aromatic amines is 1. The maximum Gasteiger partial charge on any atom is 0.251 e. The van der Waals surface area contributed by atoms with Crippen LogP contribution in [0.3, 0.4) is 0 Å². The Morgan fingerprint density at radius 1 is 1.35 bits per heavy atom. The van der Waals surface area contributed by atoms with E-state index in [9.17, 15) is 9.59 Å². The third-order valence-electron chi connectivity index (χ3n) is 3.22. The predicted molar refractivity (Wildman–Crippen MR) is 75.8 cm³/mol. The van der Waals surface area contributed by atoms with E-state index >= 15 is 0 Å². The molecular weight excluding hydrogens is 256 g/mol. The van der Waals surface area contributed by atoms with Gasteiger partial charge in [0.2, 0.25) is 5.56 Å². The average molecular weight is 274 g/mol. The van der Waals surface area contributed by atoms with Crippen molar-refractivity contribution in [3.05, 3.63) is 51.5 Å². The van der Waals surface area contributed by atoms with Crippen molar-refractivity contribution in [1.82, 2.24) is 19.9 Å². The molecule has 106 valence electrons. The average Bonchev–Trinajstić information content (AvgIpc) is 2.69. The van der Waals surface area contributed by atoms with E-state index in [1.165, 1.54) is 6.07 Å². The minimum absolute atomic E-state index is 0.242.